The molecule has 0 unspecified atom stereocenters. The molecule has 1 saturated heterocycles. The van der Waals surface area contributed by atoms with Crippen LogP contribution in [0.4, 0.5) is 5.69 Å². The number of carbonyl (C=O) groups excluding carboxylic acids is 1. The summed E-state index contributed by atoms with van der Waals surface area (Å²) >= 11 is 1.44. The van der Waals surface area contributed by atoms with E-state index < -0.39 is 0 Å². The average Bonchev–Trinajstić information content (AvgIpc) is 3.11. The molecule has 7 heteroatoms. The lowest BCUT2D eigenvalue weighted by Gasteiger charge is -2.19. The summed E-state index contributed by atoms with van der Waals surface area (Å²) in [5.41, 5.74) is 0.822. The predicted molar refractivity (Wildman–Crippen MR) is 76.0 cm³/mol. The summed E-state index contributed by atoms with van der Waals surface area (Å²) in [6, 6.07) is 7.56. The summed E-state index contributed by atoms with van der Waals surface area (Å²) in [5, 5.41) is 10.9. The number of hydrogen-bond acceptors (Lipinski definition) is 5. The van der Waals surface area contributed by atoms with Crippen LogP contribution in [-0.2, 0) is 4.79 Å². The highest BCUT2D eigenvalue weighted by Crippen LogP contribution is 2.35. The van der Waals surface area contributed by atoms with Gasteiger partial charge in [-0.2, -0.15) is 10.3 Å². The number of rotatable bonds is 4. The largest absolute Gasteiger partial charge is 0.495 e. The maximum absolute atomic E-state index is 12.5. The summed E-state index contributed by atoms with van der Waals surface area (Å²) in [7, 11) is 1.61. The topological polar surface area (TPSA) is 71.1 Å². The fourth-order valence-corrected chi connectivity index (χ4v) is 3.20. The molecule has 3 rings (SSSR count). The van der Waals surface area contributed by atoms with E-state index in [1.54, 1.807) is 18.2 Å². The first-order chi connectivity index (χ1) is 9.79. The van der Waals surface area contributed by atoms with Gasteiger partial charge in [0.25, 0.3) is 0 Å². The van der Waals surface area contributed by atoms with E-state index in [0.717, 1.165) is 17.1 Å². The van der Waals surface area contributed by atoms with E-state index in [1.165, 1.54) is 11.8 Å². The summed E-state index contributed by atoms with van der Waals surface area (Å²) in [6.07, 6.45) is 2.41. The second kappa shape index (κ2) is 5.54. The van der Waals surface area contributed by atoms with E-state index in [2.05, 4.69) is 15.4 Å². The number of carbonyl (C=O) groups is 1. The number of nitrogens with zero attached hydrogens (tertiary/aromatic N) is 3. The van der Waals surface area contributed by atoms with Gasteiger partial charge in [-0.25, -0.2) is 0 Å². The molecule has 6 nitrogen and oxygen atoms in total. The molecule has 1 N–H and O–H groups in total. The van der Waals surface area contributed by atoms with Gasteiger partial charge in [-0.1, -0.05) is 23.9 Å². The zero-order valence-corrected chi connectivity index (χ0v) is 11.8. The number of H-pyrrole nitrogens is 1. The summed E-state index contributed by atoms with van der Waals surface area (Å²) in [6.45, 7) is 0.689. The summed E-state index contributed by atoms with van der Waals surface area (Å²) < 4.78 is 5.32. The van der Waals surface area contributed by atoms with Crippen molar-refractivity contribution in [3.63, 3.8) is 0 Å². The third-order valence-electron chi connectivity index (χ3n) is 3.19. The second-order valence-corrected chi connectivity index (χ2v) is 5.59. The molecule has 0 bridgehead atoms. The van der Waals surface area contributed by atoms with Crippen molar-refractivity contribution in [3.05, 3.63) is 30.5 Å². The number of amides is 1. The highest BCUT2D eigenvalue weighted by Gasteiger charge is 2.34. The van der Waals surface area contributed by atoms with Gasteiger partial charge in [0, 0.05) is 6.54 Å². The SMILES string of the molecule is COc1ccccc1N1CC[C@H](Sc2cn[nH]n2)C1=O. The molecule has 1 fully saturated rings. The molecule has 0 saturated carbocycles. The lowest BCUT2D eigenvalue weighted by atomic mass is 10.2. The van der Waals surface area contributed by atoms with Gasteiger partial charge in [-0.05, 0) is 18.6 Å². The van der Waals surface area contributed by atoms with E-state index in [0.29, 0.717) is 12.3 Å². The Labute approximate surface area is 120 Å². The van der Waals surface area contributed by atoms with E-state index in [1.807, 2.05) is 24.3 Å². The molecule has 1 aromatic heterocycles. The molecular formula is C13H14N4O2S. The monoisotopic (exact) mass is 290 g/mol. The summed E-state index contributed by atoms with van der Waals surface area (Å²) in [4.78, 5) is 14.3. The molecule has 1 aromatic carbocycles. The number of anilines is 1. The molecule has 1 amide bonds. The Kier molecular flexibility index (Phi) is 3.60. The number of nitrogens with one attached hydrogen (secondary N) is 1. The Bertz CT molecular complexity index is 602. The van der Waals surface area contributed by atoms with Crippen molar-refractivity contribution in [2.24, 2.45) is 0 Å². The fraction of sp³-hybridized carbons (Fsp3) is 0.308. The maximum Gasteiger partial charge on any atom is 0.240 e. The standard InChI is InChI=1S/C13H14N4O2S/c1-19-10-5-3-2-4-9(10)17-7-6-11(13(17)18)20-12-8-14-16-15-12/h2-5,8,11H,6-7H2,1H3,(H,14,15,16)/t11-/m0/s1. The zero-order chi connectivity index (χ0) is 13.9. The van der Waals surface area contributed by atoms with Gasteiger partial charge in [0.2, 0.25) is 5.91 Å². The van der Waals surface area contributed by atoms with Crippen LogP contribution in [0, 0.1) is 0 Å². The molecule has 104 valence electrons. The third-order valence-corrected chi connectivity index (χ3v) is 4.35. The van der Waals surface area contributed by atoms with Gasteiger partial charge in [-0.3, -0.25) is 4.79 Å². The Hall–Kier alpha value is -2.02. The van der Waals surface area contributed by atoms with E-state index in [-0.39, 0.29) is 11.2 Å². The lowest BCUT2D eigenvalue weighted by Crippen LogP contribution is -2.28. The average molecular weight is 290 g/mol. The minimum Gasteiger partial charge on any atom is -0.495 e. The van der Waals surface area contributed by atoms with Gasteiger partial charge < -0.3 is 9.64 Å². The minimum atomic E-state index is -0.120. The quantitative estimate of drug-likeness (QED) is 0.928. The molecule has 2 aromatic rings. The van der Waals surface area contributed by atoms with Crippen LogP contribution in [0.25, 0.3) is 0 Å². The van der Waals surface area contributed by atoms with E-state index >= 15 is 0 Å². The van der Waals surface area contributed by atoms with Crippen LogP contribution in [0.1, 0.15) is 6.42 Å². The molecule has 0 spiro atoms. The van der Waals surface area contributed by atoms with Gasteiger partial charge in [0.15, 0.2) is 0 Å². The first kappa shape index (κ1) is 13.0. The van der Waals surface area contributed by atoms with Crippen LogP contribution in [-0.4, -0.2) is 40.2 Å². The number of thioether (sulfide) groups is 1. The molecule has 1 atom stereocenters. The molecule has 1 aliphatic heterocycles. The normalized spacial score (nSPS) is 18.6. The van der Waals surface area contributed by atoms with Crippen molar-refractivity contribution < 1.29 is 9.53 Å². The molecule has 0 aliphatic carbocycles. The number of methoxy groups -OCH3 is 1. The second-order valence-electron chi connectivity index (χ2n) is 4.37. The van der Waals surface area contributed by atoms with Crippen LogP contribution >= 0.6 is 11.8 Å². The fourth-order valence-electron chi connectivity index (χ4n) is 2.25. The van der Waals surface area contributed by atoms with Crippen molar-refractivity contribution in [2.75, 3.05) is 18.6 Å². The zero-order valence-electron chi connectivity index (χ0n) is 10.9. The Morgan fingerprint density at radius 3 is 3.05 bits per heavy atom. The van der Waals surface area contributed by atoms with Gasteiger partial charge >= 0.3 is 0 Å². The lowest BCUT2D eigenvalue weighted by molar-refractivity contribution is -0.116. The minimum absolute atomic E-state index is 0.0856. The molecule has 20 heavy (non-hydrogen) atoms. The summed E-state index contributed by atoms with van der Waals surface area (Å²) in [5.74, 6) is 0.801. The highest BCUT2D eigenvalue weighted by atomic mass is 32.2. The van der Waals surface area contributed by atoms with Crippen molar-refractivity contribution in [2.45, 2.75) is 16.7 Å². The van der Waals surface area contributed by atoms with Gasteiger partial charge in [0.1, 0.15) is 10.8 Å². The Balaban J connectivity index is 1.78. The van der Waals surface area contributed by atoms with Gasteiger partial charge in [0.05, 0.1) is 24.2 Å². The molecule has 0 radical (unpaired) electrons. The maximum atomic E-state index is 12.5. The van der Waals surface area contributed by atoms with Crippen LogP contribution in [0.2, 0.25) is 0 Å². The number of hydrogen-bond donors (Lipinski definition) is 1. The van der Waals surface area contributed by atoms with Crippen molar-refractivity contribution in [3.8, 4) is 5.75 Å². The Morgan fingerprint density at radius 2 is 2.30 bits per heavy atom. The number of benzene rings is 1. The number of ether oxygens (including phenoxy) is 1. The van der Waals surface area contributed by atoms with E-state index in [9.17, 15) is 4.79 Å². The predicted octanol–water partition coefficient (Wildman–Crippen LogP) is 1.71. The van der Waals surface area contributed by atoms with E-state index in [4.69, 9.17) is 4.74 Å². The van der Waals surface area contributed by atoms with Crippen LogP contribution < -0.4 is 9.64 Å². The Morgan fingerprint density at radius 1 is 1.45 bits per heavy atom. The third kappa shape index (κ3) is 2.36. The van der Waals surface area contributed by atoms with Crippen molar-refractivity contribution >= 4 is 23.4 Å². The van der Waals surface area contributed by atoms with Crippen LogP contribution in [0.15, 0.2) is 35.5 Å². The van der Waals surface area contributed by atoms with Crippen LogP contribution in [0.3, 0.4) is 0 Å². The van der Waals surface area contributed by atoms with Gasteiger partial charge in [-0.15, -0.1) is 5.10 Å². The van der Waals surface area contributed by atoms with Crippen molar-refractivity contribution in [1.82, 2.24) is 15.4 Å². The molecular weight excluding hydrogens is 276 g/mol. The first-order valence-electron chi connectivity index (χ1n) is 6.26. The van der Waals surface area contributed by atoms with Crippen molar-refractivity contribution in [1.29, 1.82) is 0 Å². The highest BCUT2D eigenvalue weighted by molar-refractivity contribution is 8.00. The smallest absolute Gasteiger partial charge is 0.240 e. The molecule has 1 aliphatic rings. The van der Waals surface area contributed by atoms with Crippen LogP contribution in [0.5, 0.6) is 5.75 Å². The molecule has 2 heterocycles. The first-order valence-corrected chi connectivity index (χ1v) is 7.14. The number of aromatic amines is 1. The number of para-hydroxylation sites is 2. The number of aromatic nitrogens is 3.